The van der Waals surface area contributed by atoms with Crippen LogP contribution in [0, 0.1) is 5.92 Å². The fourth-order valence-corrected chi connectivity index (χ4v) is 3.57. The molecular formula is C11H20N4O2S. The standard InChI is InChI=1S/C11H20N4O2S/c1-4-10-11(8-14(3)12-10)13-18(16,17)15-6-5-9(2)7-15/h8-9,13H,4-7H2,1-3H3. The minimum atomic E-state index is -3.44. The van der Waals surface area contributed by atoms with E-state index in [1.807, 2.05) is 6.92 Å². The maximum atomic E-state index is 12.2. The fourth-order valence-electron chi connectivity index (χ4n) is 2.20. The summed E-state index contributed by atoms with van der Waals surface area (Å²) in [5.74, 6) is 0.432. The number of nitrogens with zero attached hydrogens (tertiary/aromatic N) is 3. The molecule has 1 fully saturated rings. The summed E-state index contributed by atoms with van der Waals surface area (Å²) in [6.07, 6.45) is 3.33. The van der Waals surface area contributed by atoms with Gasteiger partial charge in [0.25, 0.3) is 0 Å². The Balaban J connectivity index is 2.17. The first-order valence-electron chi connectivity index (χ1n) is 6.22. The molecule has 0 amide bonds. The van der Waals surface area contributed by atoms with Gasteiger partial charge in [0.05, 0.1) is 11.4 Å². The van der Waals surface area contributed by atoms with Crippen LogP contribution in [0.2, 0.25) is 0 Å². The van der Waals surface area contributed by atoms with E-state index < -0.39 is 10.2 Å². The van der Waals surface area contributed by atoms with E-state index in [4.69, 9.17) is 0 Å². The molecule has 0 aliphatic carbocycles. The Morgan fingerprint density at radius 2 is 2.28 bits per heavy atom. The van der Waals surface area contributed by atoms with E-state index in [0.717, 1.165) is 12.1 Å². The lowest BCUT2D eigenvalue weighted by atomic mass is 10.2. The molecule has 0 radical (unpaired) electrons. The number of aromatic nitrogens is 2. The Bertz CT molecular complexity index is 523. The molecule has 102 valence electrons. The number of aryl methyl sites for hydroxylation is 2. The quantitative estimate of drug-likeness (QED) is 0.888. The van der Waals surface area contributed by atoms with Gasteiger partial charge in [0, 0.05) is 26.3 Å². The second-order valence-electron chi connectivity index (χ2n) is 4.88. The smallest absolute Gasteiger partial charge is 0.273 e. The van der Waals surface area contributed by atoms with Crippen LogP contribution in [-0.2, 0) is 23.7 Å². The third-order valence-corrected chi connectivity index (χ3v) is 4.69. The summed E-state index contributed by atoms with van der Waals surface area (Å²) in [5.41, 5.74) is 1.35. The monoisotopic (exact) mass is 272 g/mol. The highest BCUT2D eigenvalue weighted by atomic mass is 32.2. The van der Waals surface area contributed by atoms with Crippen LogP contribution in [0.5, 0.6) is 0 Å². The number of nitrogens with one attached hydrogen (secondary N) is 1. The molecule has 0 bridgehead atoms. The molecule has 1 aromatic rings. The average Bonchev–Trinajstić information content (AvgIpc) is 2.84. The minimum absolute atomic E-state index is 0.432. The van der Waals surface area contributed by atoms with Gasteiger partial charge >= 0.3 is 10.2 Å². The van der Waals surface area contributed by atoms with Crippen molar-refractivity contribution in [2.24, 2.45) is 13.0 Å². The molecule has 1 aliphatic rings. The van der Waals surface area contributed by atoms with Crippen molar-refractivity contribution in [1.29, 1.82) is 0 Å². The summed E-state index contributed by atoms with van der Waals surface area (Å²) in [7, 11) is -1.65. The summed E-state index contributed by atoms with van der Waals surface area (Å²) in [5, 5.41) is 4.23. The van der Waals surface area contributed by atoms with E-state index in [2.05, 4.69) is 16.7 Å². The predicted molar refractivity (Wildman–Crippen MR) is 70.5 cm³/mol. The summed E-state index contributed by atoms with van der Waals surface area (Å²) in [4.78, 5) is 0. The average molecular weight is 272 g/mol. The fraction of sp³-hybridized carbons (Fsp3) is 0.727. The molecule has 2 heterocycles. The molecule has 1 atom stereocenters. The van der Waals surface area contributed by atoms with Crippen molar-refractivity contribution in [1.82, 2.24) is 14.1 Å². The van der Waals surface area contributed by atoms with Gasteiger partial charge in [-0.1, -0.05) is 13.8 Å². The van der Waals surface area contributed by atoms with E-state index >= 15 is 0 Å². The van der Waals surface area contributed by atoms with Crippen LogP contribution in [0.3, 0.4) is 0 Å². The normalized spacial score (nSPS) is 21.4. The Hall–Kier alpha value is -1.08. The zero-order valence-electron chi connectivity index (χ0n) is 11.0. The highest BCUT2D eigenvalue weighted by molar-refractivity contribution is 7.90. The van der Waals surface area contributed by atoms with Crippen LogP contribution in [0.4, 0.5) is 5.69 Å². The number of hydrogen-bond donors (Lipinski definition) is 1. The van der Waals surface area contributed by atoms with Crippen molar-refractivity contribution in [3.63, 3.8) is 0 Å². The van der Waals surface area contributed by atoms with Crippen molar-refractivity contribution in [3.05, 3.63) is 11.9 Å². The molecule has 7 heteroatoms. The molecule has 0 aromatic carbocycles. The molecule has 1 aromatic heterocycles. The van der Waals surface area contributed by atoms with Crippen molar-refractivity contribution in [3.8, 4) is 0 Å². The van der Waals surface area contributed by atoms with Gasteiger partial charge in [-0.3, -0.25) is 9.40 Å². The molecule has 1 aliphatic heterocycles. The Labute approximate surface area is 108 Å². The maximum Gasteiger partial charge on any atom is 0.301 e. The summed E-state index contributed by atoms with van der Waals surface area (Å²) >= 11 is 0. The SMILES string of the molecule is CCc1nn(C)cc1NS(=O)(=O)N1CCC(C)C1. The molecule has 2 rings (SSSR count). The lowest BCUT2D eigenvalue weighted by Gasteiger charge is -2.16. The molecule has 0 spiro atoms. The van der Waals surface area contributed by atoms with Gasteiger partial charge in [0.1, 0.15) is 0 Å². The van der Waals surface area contributed by atoms with E-state index in [1.165, 1.54) is 4.31 Å². The number of hydrogen-bond acceptors (Lipinski definition) is 3. The predicted octanol–water partition coefficient (Wildman–Crippen LogP) is 0.981. The number of rotatable bonds is 4. The van der Waals surface area contributed by atoms with Crippen molar-refractivity contribution in [2.45, 2.75) is 26.7 Å². The second-order valence-corrected chi connectivity index (χ2v) is 6.55. The van der Waals surface area contributed by atoms with E-state index in [1.54, 1.807) is 17.9 Å². The van der Waals surface area contributed by atoms with Crippen LogP contribution in [0.15, 0.2) is 6.20 Å². The van der Waals surface area contributed by atoms with Crippen LogP contribution < -0.4 is 4.72 Å². The molecule has 1 unspecified atom stereocenters. The molecular weight excluding hydrogens is 252 g/mol. The maximum absolute atomic E-state index is 12.2. The highest BCUT2D eigenvalue weighted by Gasteiger charge is 2.29. The van der Waals surface area contributed by atoms with Gasteiger partial charge in [-0.15, -0.1) is 0 Å². The topological polar surface area (TPSA) is 67.2 Å². The van der Waals surface area contributed by atoms with Crippen LogP contribution in [-0.4, -0.2) is 35.6 Å². The van der Waals surface area contributed by atoms with Crippen LogP contribution in [0.25, 0.3) is 0 Å². The van der Waals surface area contributed by atoms with Gasteiger partial charge in [-0.05, 0) is 18.8 Å². The van der Waals surface area contributed by atoms with Gasteiger partial charge in [0.2, 0.25) is 0 Å². The van der Waals surface area contributed by atoms with Gasteiger partial charge in [-0.25, -0.2) is 0 Å². The summed E-state index contributed by atoms with van der Waals surface area (Å²) in [6.45, 7) is 5.21. The first kappa shape index (κ1) is 13.4. The zero-order chi connectivity index (χ0) is 13.3. The third-order valence-electron chi connectivity index (χ3n) is 3.21. The van der Waals surface area contributed by atoms with Gasteiger partial charge in [-0.2, -0.15) is 17.8 Å². The van der Waals surface area contributed by atoms with Crippen LogP contribution >= 0.6 is 0 Å². The second kappa shape index (κ2) is 4.89. The highest BCUT2D eigenvalue weighted by Crippen LogP contribution is 2.22. The van der Waals surface area contributed by atoms with Crippen molar-refractivity contribution < 1.29 is 8.42 Å². The number of anilines is 1. The summed E-state index contributed by atoms with van der Waals surface area (Å²) < 4.78 is 30.2. The van der Waals surface area contributed by atoms with Gasteiger partial charge in [0.15, 0.2) is 0 Å². The first-order valence-corrected chi connectivity index (χ1v) is 7.66. The molecule has 18 heavy (non-hydrogen) atoms. The molecule has 1 N–H and O–H groups in total. The molecule has 1 saturated heterocycles. The lowest BCUT2D eigenvalue weighted by Crippen LogP contribution is -2.34. The van der Waals surface area contributed by atoms with Crippen LogP contribution in [0.1, 0.15) is 26.0 Å². The largest absolute Gasteiger partial charge is 0.301 e. The third kappa shape index (κ3) is 2.67. The Kier molecular flexibility index (Phi) is 3.63. The molecule has 0 saturated carbocycles. The minimum Gasteiger partial charge on any atom is -0.273 e. The Morgan fingerprint density at radius 1 is 1.56 bits per heavy atom. The zero-order valence-corrected chi connectivity index (χ0v) is 11.9. The lowest BCUT2D eigenvalue weighted by molar-refractivity contribution is 0.469. The molecule has 6 nitrogen and oxygen atoms in total. The summed E-state index contributed by atoms with van der Waals surface area (Å²) in [6, 6.07) is 0. The van der Waals surface area contributed by atoms with Gasteiger partial charge < -0.3 is 0 Å². The van der Waals surface area contributed by atoms with E-state index in [9.17, 15) is 8.42 Å². The van der Waals surface area contributed by atoms with E-state index in [0.29, 0.717) is 31.1 Å². The van der Waals surface area contributed by atoms with Crippen molar-refractivity contribution in [2.75, 3.05) is 17.8 Å². The first-order chi connectivity index (χ1) is 8.42. The van der Waals surface area contributed by atoms with E-state index in [-0.39, 0.29) is 0 Å². The Morgan fingerprint density at radius 3 is 2.83 bits per heavy atom. The van der Waals surface area contributed by atoms with Crippen molar-refractivity contribution >= 4 is 15.9 Å².